The summed E-state index contributed by atoms with van der Waals surface area (Å²) in [7, 11) is 0. The van der Waals surface area contributed by atoms with Crippen LogP contribution in [0.4, 0.5) is 0 Å². The lowest BCUT2D eigenvalue weighted by atomic mass is 9.88. The van der Waals surface area contributed by atoms with Gasteiger partial charge in [0.2, 0.25) is 17.7 Å². The molecule has 1 atom stereocenters. The number of carbonyl (C=O) groups excluding carboxylic acids is 1. The Balaban J connectivity index is 1.50. The SMILES string of the molecule is CC(C)C(CNC(=O)CCc1nnc(-c2ccccc2)o1)c1ccccc1. The second-order valence-electron chi connectivity index (χ2n) is 6.93. The van der Waals surface area contributed by atoms with Crippen LogP contribution in [-0.4, -0.2) is 22.6 Å². The fourth-order valence-corrected chi connectivity index (χ4v) is 3.02. The van der Waals surface area contributed by atoms with Crippen molar-refractivity contribution in [3.63, 3.8) is 0 Å². The molecule has 1 amide bonds. The summed E-state index contributed by atoms with van der Waals surface area (Å²) >= 11 is 0. The van der Waals surface area contributed by atoms with Crippen LogP contribution in [0.1, 0.15) is 37.6 Å². The summed E-state index contributed by atoms with van der Waals surface area (Å²) in [5.74, 6) is 1.69. The quantitative estimate of drug-likeness (QED) is 0.650. The maximum absolute atomic E-state index is 12.3. The third-order valence-electron chi connectivity index (χ3n) is 4.61. The normalized spacial score (nSPS) is 12.1. The first-order valence-electron chi connectivity index (χ1n) is 9.33. The number of aryl methyl sites for hydroxylation is 1. The Bertz CT molecular complexity index is 844. The summed E-state index contributed by atoms with van der Waals surface area (Å²) < 4.78 is 5.65. The molecule has 0 saturated heterocycles. The van der Waals surface area contributed by atoms with Crippen molar-refractivity contribution >= 4 is 5.91 Å². The number of benzene rings is 2. The van der Waals surface area contributed by atoms with Gasteiger partial charge in [-0.15, -0.1) is 10.2 Å². The molecule has 0 aliphatic heterocycles. The van der Waals surface area contributed by atoms with Gasteiger partial charge in [-0.2, -0.15) is 0 Å². The van der Waals surface area contributed by atoms with Gasteiger partial charge in [0.15, 0.2) is 0 Å². The van der Waals surface area contributed by atoms with Crippen LogP contribution >= 0.6 is 0 Å². The largest absolute Gasteiger partial charge is 0.421 e. The van der Waals surface area contributed by atoms with Crippen molar-refractivity contribution in [3.05, 3.63) is 72.1 Å². The monoisotopic (exact) mass is 363 g/mol. The molecule has 1 unspecified atom stereocenters. The molecule has 140 valence electrons. The molecule has 0 fully saturated rings. The lowest BCUT2D eigenvalue weighted by Crippen LogP contribution is -2.30. The standard InChI is InChI=1S/C22H25N3O2/c1-16(2)19(17-9-5-3-6-10-17)15-23-20(26)13-14-21-24-25-22(27-21)18-11-7-4-8-12-18/h3-12,16,19H,13-15H2,1-2H3,(H,23,26). The predicted molar refractivity (Wildman–Crippen MR) is 105 cm³/mol. The Morgan fingerprint density at radius 2 is 1.67 bits per heavy atom. The number of aromatic nitrogens is 2. The molecule has 0 radical (unpaired) electrons. The van der Waals surface area contributed by atoms with Crippen molar-refractivity contribution in [1.82, 2.24) is 15.5 Å². The number of hydrogen-bond acceptors (Lipinski definition) is 4. The van der Waals surface area contributed by atoms with E-state index in [1.54, 1.807) is 0 Å². The van der Waals surface area contributed by atoms with Gasteiger partial charge in [0, 0.05) is 30.9 Å². The van der Waals surface area contributed by atoms with E-state index in [1.165, 1.54) is 5.56 Å². The van der Waals surface area contributed by atoms with Gasteiger partial charge in [-0.25, -0.2) is 0 Å². The van der Waals surface area contributed by atoms with Crippen molar-refractivity contribution in [2.24, 2.45) is 5.92 Å². The Kier molecular flexibility index (Phi) is 6.36. The highest BCUT2D eigenvalue weighted by Gasteiger charge is 2.17. The van der Waals surface area contributed by atoms with Crippen molar-refractivity contribution < 1.29 is 9.21 Å². The molecular formula is C22H25N3O2. The molecule has 0 saturated carbocycles. The third-order valence-corrected chi connectivity index (χ3v) is 4.61. The Labute approximate surface area is 159 Å². The summed E-state index contributed by atoms with van der Waals surface area (Å²) in [4.78, 5) is 12.3. The first-order chi connectivity index (χ1) is 13.1. The van der Waals surface area contributed by atoms with Crippen LogP contribution in [0, 0.1) is 5.92 Å². The van der Waals surface area contributed by atoms with Gasteiger partial charge < -0.3 is 9.73 Å². The maximum atomic E-state index is 12.3. The predicted octanol–water partition coefficient (Wildman–Crippen LogP) is 4.23. The minimum Gasteiger partial charge on any atom is -0.421 e. The number of nitrogens with zero attached hydrogens (tertiary/aromatic N) is 2. The molecule has 1 N–H and O–H groups in total. The Morgan fingerprint density at radius 3 is 2.33 bits per heavy atom. The van der Waals surface area contributed by atoms with E-state index in [-0.39, 0.29) is 5.91 Å². The van der Waals surface area contributed by atoms with Crippen LogP contribution in [0.3, 0.4) is 0 Å². The molecule has 0 bridgehead atoms. The number of hydrogen-bond donors (Lipinski definition) is 1. The fraction of sp³-hybridized carbons (Fsp3) is 0.318. The fourth-order valence-electron chi connectivity index (χ4n) is 3.02. The van der Waals surface area contributed by atoms with Crippen LogP contribution in [-0.2, 0) is 11.2 Å². The molecule has 1 aromatic heterocycles. The molecule has 3 aromatic rings. The van der Waals surface area contributed by atoms with E-state index in [9.17, 15) is 4.79 Å². The zero-order valence-corrected chi connectivity index (χ0v) is 15.8. The van der Waals surface area contributed by atoms with Crippen molar-refractivity contribution in [2.75, 3.05) is 6.54 Å². The average Bonchev–Trinajstić information content (AvgIpc) is 3.17. The van der Waals surface area contributed by atoms with Crippen LogP contribution in [0.15, 0.2) is 65.1 Å². The summed E-state index contributed by atoms with van der Waals surface area (Å²) in [5, 5.41) is 11.1. The summed E-state index contributed by atoms with van der Waals surface area (Å²) in [6.45, 7) is 4.97. The highest BCUT2D eigenvalue weighted by atomic mass is 16.4. The average molecular weight is 363 g/mol. The number of carbonyl (C=O) groups is 1. The van der Waals surface area contributed by atoms with E-state index in [4.69, 9.17) is 4.42 Å². The zero-order chi connectivity index (χ0) is 19.1. The van der Waals surface area contributed by atoms with E-state index in [1.807, 2.05) is 48.5 Å². The lowest BCUT2D eigenvalue weighted by molar-refractivity contribution is -0.121. The first-order valence-corrected chi connectivity index (χ1v) is 9.33. The van der Waals surface area contributed by atoms with Crippen LogP contribution in [0.2, 0.25) is 0 Å². The number of rotatable bonds is 8. The summed E-state index contributed by atoms with van der Waals surface area (Å²) in [6, 6.07) is 19.9. The van der Waals surface area contributed by atoms with E-state index >= 15 is 0 Å². The summed E-state index contributed by atoms with van der Waals surface area (Å²) in [5.41, 5.74) is 2.13. The Hall–Kier alpha value is -2.95. The molecule has 5 nitrogen and oxygen atoms in total. The minimum absolute atomic E-state index is 0.00366. The van der Waals surface area contributed by atoms with E-state index in [0.717, 1.165) is 5.56 Å². The highest BCUT2D eigenvalue weighted by Crippen LogP contribution is 2.23. The molecule has 0 aliphatic carbocycles. The molecule has 5 heteroatoms. The molecule has 1 heterocycles. The highest BCUT2D eigenvalue weighted by molar-refractivity contribution is 5.76. The molecule has 3 rings (SSSR count). The lowest BCUT2D eigenvalue weighted by Gasteiger charge is -2.21. The van der Waals surface area contributed by atoms with Crippen molar-refractivity contribution in [1.29, 1.82) is 0 Å². The van der Waals surface area contributed by atoms with Crippen LogP contribution < -0.4 is 5.32 Å². The van der Waals surface area contributed by atoms with Gasteiger partial charge in [0.25, 0.3) is 0 Å². The second-order valence-corrected chi connectivity index (χ2v) is 6.93. The van der Waals surface area contributed by atoms with Crippen molar-refractivity contribution in [3.8, 4) is 11.5 Å². The minimum atomic E-state index is -0.00366. The first kappa shape index (κ1) is 18.8. The Morgan fingerprint density at radius 1 is 1.00 bits per heavy atom. The van der Waals surface area contributed by atoms with Gasteiger partial charge in [0.05, 0.1) is 0 Å². The maximum Gasteiger partial charge on any atom is 0.247 e. The van der Waals surface area contributed by atoms with Gasteiger partial charge in [-0.05, 0) is 23.6 Å². The molecule has 27 heavy (non-hydrogen) atoms. The van der Waals surface area contributed by atoms with Gasteiger partial charge in [-0.1, -0.05) is 62.4 Å². The van der Waals surface area contributed by atoms with Gasteiger partial charge in [-0.3, -0.25) is 4.79 Å². The zero-order valence-electron chi connectivity index (χ0n) is 15.8. The van der Waals surface area contributed by atoms with Gasteiger partial charge in [0.1, 0.15) is 0 Å². The van der Waals surface area contributed by atoms with Crippen LogP contribution in [0.25, 0.3) is 11.5 Å². The molecule has 0 aliphatic rings. The smallest absolute Gasteiger partial charge is 0.247 e. The van der Waals surface area contributed by atoms with E-state index in [2.05, 4.69) is 41.5 Å². The molecule has 2 aromatic carbocycles. The second kappa shape index (κ2) is 9.12. The van der Waals surface area contributed by atoms with E-state index < -0.39 is 0 Å². The summed E-state index contributed by atoms with van der Waals surface area (Å²) in [6.07, 6.45) is 0.763. The van der Waals surface area contributed by atoms with E-state index in [0.29, 0.717) is 43.0 Å². The topological polar surface area (TPSA) is 68.0 Å². The molecular weight excluding hydrogens is 338 g/mol. The third kappa shape index (κ3) is 5.26. The van der Waals surface area contributed by atoms with Gasteiger partial charge >= 0.3 is 0 Å². The number of amides is 1. The van der Waals surface area contributed by atoms with Crippen molar-refractivity contribution in [2.45, 2.75) is 32.6 Å². The molecule has 0 spiro atoms. The number of nitrogens with one attached hydrogen (secondary N) is 1. The van der Waals surface area contributed by atoms with Crippen LogP contribution in [0.5, 0.6) is 0 Å².